The second kappa shape index (κ2) is 2.72. The van der Waals surface area contributed by atoms with E-state index >= 15 is 0 Å². The van der Waals surface area contributed by atoms with Crippen LogP contribution in [0.15, 0.2) is 12.3 Å². The zero-order chi connectivity index (χ0) is 9.41. The van der Waals surface area contributed by atoms with E-state index in [1.54, 1.807) is 0 Å². The van der Waals surface area contributed by atoms with E-state index < -0.39 is 16.4 Å². The third-order valence-electron chi connectivity index (χ3n) is 1.20. The molecule has 2 nitrogen and oxygen atoms in total. The Morgan fingerprint density at radius 2 is 1.92 bits per heavy atom. The predicted molar refractivity (Wildman–Crippen MR) is 36.4 cm³/mol. The molecule has 0 saturated heterocycles. The average Bonchev–Trinajstić information content (AvgIpc) is 2.34. The van der Waals surface area contributed by atoms with Gasteiger partial charge in [0.1, 0.15) is 0 Å². The highest BCUT2D eigenvalue weighted by molar-refractivity contribution is 9.09. The first-order valence-electron chi connectivity index (χ1n) is 2.80. The molecule has 1 heterocycles. The number of nitrogens with zero attached hydrogens (tertiary/aromatic N) is 1. The van der Waals surface area contributed by atoms with Gasteiger partial charge in [-0.2, -0.15) is 18.3 Å². The molecule has 0 aliphatic carbocycles. The van der Waals surface area contributed by atoms with Gasteiger partial charge in [-0.1, -0.05) is 0 Å². The van der Waals surface area contributed by atoms with Gasteiger partial charge in [-0.05, 0) is 22.0 Å². The molecule has 0 radical (unpaired) electrons. The molecule has 68 valence electrons. The van der Waals surface area contributed by atoms with Crippen molar-refractivity contribution in [1.82, 2.24) is 10.2 Å². The quantitative estimate of drug-likeness (QED) is 0.599. The van der Waals surface area contributed by atoms with Crippen LogP contribution < -0.4 is 0 Å². The highest BCUT2D eigenvalue weighted by atomic mass is 79.9. The first-order valence-corrected chi connectivity index (χ1v) is 3.59. The van der Waals surface area contributed by atoms with E-state index in [1.807, 2.05) is 21.0 Å². The number of nitrogens with one attached hydrogen (secondary N) is 1. The largest absolute Gasteiger partial charge is 0.438 e. The predicted octanol–water partition coefficient (Wildman–Crippen LogP) is 2.49. The molecule has 0 fully saturated rings. The Morgan fingerprint density at radius 1 is 1.33 bits per heavy atom. The summed E-state index contributed by atoms with van der Waals surface area (Å²) in [4.78, 5) is 0. The van der Waals surface area contributed by atoms with E-state index in [9.17, 15) is 17.6 Å². The van der Waals surface area contributed by atoms with Crippen LogP contribution in [-0.4, -0.2) is 16.4 Å². The van der Waals surface area contributed by atoms with E-state index in [4.69, 9.17) is 0 Å². The number of aromatic amines is 1. The molecule has 1 aromatic heterocycles. The SMILES string of the molecule is FC(F)(F)C(F)(Br)c1ccn[nH]1. The minimum atomic E-state index is -5.00. The third kappa shape index (κ3) is 1.45. The molecule has 0 aromatic carbocycles. The Hall–Kier alpha value is -0.590. The van der Waals surface area contributed by atoms with Crippen LogP contribution in [0.5, 0.6) is 0 Å². The Labute approximate surface area is 73.1 Å². The van der Waals surface area contributed by atoms with Crippen LogP contribution in [0.4, 0.5) is 17.6 Å². The molecule has 0 bridgehead atoms. The normalized spacial score (nSPS) is 17.4. The Kier molecular flexibility index (Phi) is 2.15. The van der Waals surface area contributed by atoms with Gasteiger partial charge in [0, 0.05) is 6.20 Å². The van der Waals surface area contributed by atoms with Crippen LogP contribution in [-0.2, 0) is 4.58 Å². The highest BCUT2D eigenvalue weighted by Crippen LogP contribution is 2.46. The number of halogens is 5. The molecule has 1 rings (SSSR count). The highest BCUT2D eigenvalue weighted by Gasteiger charge is 2.56. The molecule has 0 aliphatic rings. The fourth-order valence-electron chi connectivity index (χ4n) is 0.583. The van der Waals surface area contributed by atoms with E-state index in [-0.39, 0.29) is 0 Å². The van der Waals surface area contributed by atoms with Gasteiger partial charge in [0.2, 0.25) is 0 Å². The number of hydrogen-bond acceptors (Lipinski definition) is 1. The van der Waals surface area contributed by atoms with Gasteiger partial charge >= 0.3 is 6.18 Å². The van der Waals surface area contributed by atoms with Crippen molar-refractivity contribution < 1.29 is 17.6 Å². The Morgan fingerprint density at radius 3 is 2.25 bits per heavy atom. The molecule has 1 atom stereocenters. The summed E-state index contributed by atoms with van der Waals surface area (Å²) >= 11 is 1.93. The molecule has 1 N–H and O–H groups in total. The molecular weight excluding hydrogens is 244 g/mol. The summed E-state index contributed by atoms with van der Waals surface area (Å²) < 4.78 is 45.1. The molecule has 0 spiro atoms. The third-order valence-corrected chi connectivity index (χ3v) is 2.07. The van der Waals surface area contributed by atoms with E-state index in [0.717, 1.165) is 12.3 Å². The van der Waals surface area contributed by atoms with Crippen LogP contribution >= 0.6 is 15.9 Å². The summed E-state index contributed by atoms with van der Waals surface area (Å²) in [7, 11) is 0. The summed E-state index contributed by atoms with van der Waals surface area (Å²) in [5, 5.41) is 5.10. The number of aromatic nitrogens is 2. The molecule has 0 amide bonds. The van der Waals surface area contributed by atoms with Gasteiger partial charge in [0.25, 0.3) is 4.58 Å². The van der Waals surface area contributed by atoms with E-state index in [1.165, 1.54) is 0 Å². The minimum absolute atomic E-state index is 0.671. The lowest BCUT2D eigenvalue weighted by atomic mass is 10.3. The second-order valence-electron chi connectivity index (χ2n) is 2.04. The van der Waals surface area contributed by atoms with Crippen molar-refractivity contribution in [1.29, 1.82) is 0 Å². The standard InChI is InChI=1S/C5H3BrF4N2/c6-4(7,5(8,9)10)3-1-2-11-12-3/h1-2H,(H,11,12). The van der Waals surface area contributed by atoms with Crippen molar-refractivity contribution in [3.05, 3.63) is 18.0 Å². The number of hydrogen-bond donors (Lipinski definition) is 1. The maximum atomic E-state index is 12.9. The van der Waals surface area contributed by atoms with Crippen molar-refractivity contribution in [2.45, 2.75) is 10.8 Å². The van der Waals surface area contributed by atoms with Crippen molar-refractivity contribution in [2.75, 3.05) is 0 Å². The maximum Gasteiger partial charge on any atom is 0.438 e. The number of alkyl halides is 5. The summed E-state index contributed by atoms with van der Waals surface area (Å²) in [6.45, 7) is 0. The smallest absolute Gasteiger partial charge is 0.278 e. The van der Waals surface area contributed by atoms with Gasteiger partial charge in [0.15, 0.2) is 0 Å². The fourth-order valence-corrected chi connectivity index (χ4v) is 0.804. The average molecular weight is 247 g/mol. The summed E-state index contributed by atoms with van der Waals surface area (Å²) in [5.41, 5.74) is -0.671. The van der Waals surface area contributed by atoms with Gasteiger partial charge < -0.3 is 0 Å². The number of H-pyrrole nitrogens is 1. The van der Waals surface area contributed by atoms with Gasteiger partial charge in [-0.3, -0.25) is 5.10 Å². The summed E-state index contributed by atoms with van der Waals surface area (Å²) in [5.74, 6) is 0. The molecule has 1 unspecified atom stereocenters. The molecule has 12 heavy (non-hydrogen) atoms. The van der Waals surface area contributed by atoms with Gasteiger partial charge in [-0.15, -0.1) is 0 Å². The zero-order valence-corrected chi connectivity index (χ0v) is 7.08. The van der Waals surface area contributed by atoms with Crippen molar-refractivity contribution >= 4 is 15.9 Å². The lowest BCUT2D eigenvalue weighted by Crippen LogP contribution is -2.32. The van der Waals surface area contributed by atoms with E-state index in [0.29, 0.717) is 0 Å². The van der Waals surface area contributed by atoms with Crippen LogP contribution in [0, 0.1) is 0 Å². The van der Waals surface area contributed by atoms with Crippen molar-refractivity contribution in [3.63, 3.8) is 0 Å². The van der Waals surface area contributed by atoms with Crippen LogP contribution in [0.1, 0.15) is 5.69 Å². The lowest BCUT2D eigenvalue weighted by Gasteiger charge is -2.19. The van der Waals surface area contributed by atoms with Crippen LogP contribution in [0.3, 0.4) is 0 Å². The topological polar surface area (TPSA) is 28.7 Å². The molecule has 7 heteroatoms. The summed E-state index contributed by atoms with van der Waals surface area (Å²) in [6.07, 6.45) is -3.96. The van der Waals surface area contributed by atoms with Crippen molar-refractivity contribution in [2.24, 2.45) is 0 Å². The monoisotopic (exact) mass is 246 g/mol. The number of rotatable bonds is 1. The van der Waals surface area contributed by atoms with E-state index in [2.05, 4.69) is 5.10 Å². The maximum absolute atomic E-state index is 12.9. The fraction of sp³-hybridized carbons (Fsp3) is 0.400. The van der Waals surface area contributed by atoms with Crippen LogP contribution in [0.2, 0.25) is 0 Å². The first-order chi connectivity index (χ1) is 5.36. The minimum Gasteiger partial charge on any atom is -0.278 e. The second-order valence-corrected chi connectivity index (χ2v) is 3.14. The Balaban J connectivity index is 3.02. The van der Waals surface area contributed by atoms with Gasteiger partial charge in [-0.25, -0.2) is 4.39 Å². The van der Waals surface area contributed by atoms with Gasteiger partial charge in [0.05, 0.1) is 5.69 Å². The molecule has 0 aliphatic heterocycles. The Bertz CT molecular complexity index is 253. The zero-order valence-electron chi connectivity index (χ0n) is 5.49. The van der Waals surface area contributed by atoms with Crippen molar-refractivity contribution in [3.8, 4) is 0 Å². The molecular formula is C5H3BrF4N2. The molecule has 0 saturated carbocycles. The molecule has 1 aromatic rings. The van der Waals surface area contributed by atoms with Crippen LogP contribution in [0.25, 0.3) is 0 Å². The first kappa shape index (κ1) is 9.50. The lowest BCUT2D eigenvalue weighted by molar-refractivity contribution is -0.196. The summed E-state index contributed by atoms with van der Waals surface area (Å²) in [6, 6.07) is 0.905.